The second-order valence-electron chi connectivity index (χ2n) is 7.99. The summed E-state index contributed by atoms with van der Waals surface area (Å²) in [7, 11) is 0. The molecule has 5 rings (SSSR count). The molecule has 33 heavy (non-hydrogen) atoms. The Morgan fingerprint density at radius 2 is 2.00 bits per heavy atom. The van der Waals surface area contributed by atoms with E-state index in [0.717, 1.165) is 34.6 Å². The van der Waals surface area contributed by atoms with Crippen molar-refractivity contribution in [3.63, 3.8) is 0 Å². The molecule has 8 heteroatoms. The number of aromatic nitrogens is 5. The summed E-state index contributed by atoms with van der Waals surface area (Å²) >= 11 is 0. The zero-order chi connectivity index (χ0) is 22.8. The highest BCUT2D eigenvalue weighted by atomic mass is 16.5. The van der Waals surface area contributed by atoms with Gasteiger partial charge in [0.2, 0.25) is 5.91 Å². The van der Waals surface area contributed by atoms with Crippen LogP contribution in [0.1, 0.15) is 42.5 Å². The molecule has 4 aromatic rings. The number of amides is 1. The fourth-order valence-electron chi connectivity index (χ4n) is 4.15. The number of carbonyl (C=O) groups is 1. The summed E-state index contributed by atoms with van der Waals surface area (Å²) < 4.78 is 7.39. The van der Waals surface area contributed by atoms with Gasteiger partial charge in [-0.2, -0.15) is 14.9 Å². The van der Waals surface area contributed by atoms with Gasteiger partial charge in [-0.05, 0) is 31.0 Å². The smallest absolute Gasteiger partial charge is 0.272 e. The van der Waals surface area contributed by atoms with E-state index in [1.165, 1.54) is 0 Å². The lowest BCUT2D eigenvalue weighted by Crippen LogP contribution is -2.25. The van der Waals surface area contributed by atoms with Crippen molar-refractivity contribution >= 4 is 11.7 Å². The summed E-state index contributed by atoms with van der Waals surface area (Å²) in [5.74, 6) is 1.47. The molecule has 1 aliphatic heterocycles. The Bertz CT molecular complexity index is 1300. The van der Waals surface area contributed by atoms with Crippen LogP contribution in [0.15, 0.2) is 60.8 Å². The standard InChI is InChI=1S/C25H24N6O2/c1-3-12-33-19-11-7-10-18(13-19)20-14-22(32)28-24-23(20)16(2)30-31(24)25-27-21(15-26-29-25)17-8-5-4-6-9-17/h4-11,13,15,20H,3,12,14H2,1-2H3,(H,28,32)/t20-/m0/s1. The third-order valence-electron chi connectivity index (χ3n) is 5.64. The summed E-state index contributed by atoms with van der Waals surface area (Å²) in [5.41, 5.74) is 4.39. The molecular formula is C25H24N6O2. The number of ether oxygens (including phenoxy) is 1. The number of nitrogens with zero attached hydrogens (tertiary/aromatic N) is 5. The minimum atomic E-state index is -0.141. The molecule has 0 bridgehead atoms. The summed E-state index contributed by atoms with van der Waals surface area (Å²) in [6, 6.07) is 17.7. The minimum Gasteiger partial charge on any atom is -0.494 e. The van der Waals surface area contributed by atoms with E-state index in [9.17, 15) is 4.79 Å². The highest BCUT2D eigenvalue weighted by Crippen LogP contribution is 2.40. The Balaban J connectivity index is 1.57. The quantitative estimate of drug-likeness (QED) is 0.480. The molecule has 0 aliphatic carbocycles. The maximum absolute atomic E-state index is 12.7. The van der Waals surface area contributed by atoms with Crippen LogP contribution in [0.5, 0.6) is 5.75 Å². The molecule has 0 saturated carbocycles. The zero-order valence-electron chi connectivity index (χ0n) is 18.5. The largest absolute Gasteiger partial charge is 0.494 e. The van der Waals surface area contributed by atoms with Crippen LogP contribution < -0.4 is 10.1 Å². The molecule has 2 aromatic carbocycles. The predicted octanol–water partition coefficient (Wildman–Crippen LogP) is 4.30. The number of carbonyl (C=O) groups excluding carboxylic acids is 1. The molecule has 0 radical (unpaired) electrons. The number of hydrogen-bond acceptors (Lipinski definition) is 6. The van der Waals surface area contributed by atoms with Crippen LogP contribution in [0, 0.1) is 6.92 Å². The van der Waals surface area contributed by atoms with Crippen molar-refractivity contribution in [1.29, 1.82) is 0 Å². The maximum atomic E-state index is 12.7. The normalized spacial score (nSPS) is 15.1. The molecule has 1 aliphatic rings. The van der Waals surface area contributed by atoms with Gasteiger partial charge in [-0.1, -0.05) is 49.4 Å². The number of nitrogens with one attached hydrogen (secondary N) is 1. The summed E-state index contributed by atoms with van der Waals surface area (Å²) in [6.45, 7) is 4.66. The van der Waals surface area contributed by atoms with Gasteiger partial charge >= 0.3 is 0 Å². The molecule has 1 amide bonds. The molecule has 0 fully saturated rings. The van der Waals surface area contributed by atoms with Crippen LogP contribution in [0.3, 0.4) is 0 Å². The van der Waals surface area contributed by atoms with Crippen molar-refractivity contribution in [1.82, 2.24) is 25.0 Å². The van der Waals surface area contributed by atoms with E-state index >= 15 is 0 Å². The first-order chi connectivity index (χ1) is 16.1. The SMILES string of the molecule is CCCOc1cccc([C@@H]2CC(=O)Nc3c2c(C)nn3-c2nncc(-c3ccccc3)n2)c1. The first-order valence-electron chi connectivity index (χ1n) is 11.0. The van der Waals surface area contributed by atoms with Gasteiger partial charge in [0, 0.05) is 23.5 Å². The van der Waals surface area contributed by atoms with Crippen LogP contribution >= 0.6 is 0 Å². The molecule has 2 aromatic heterocycles. The van der Waals surface area contributed by atoms with Crippen molar-refractivity contribution in [2.45, 2.75) is 32.6 Å². The maximum Gasteiger partial charge on any atom is 0.272 e. The molecule has 3 heterocycles. The Morgan fingerprint density at radius 3 is 2.82 bits per heavy atom. The second-order valence-corrected chi connectivity index (χ2v) is 7.99. The fourth-order valence-corrected chi connectivity index (χ4v) is 4.15. The number of aryl methyl sites for hydroxylation is 1. The Morgan fingerprint density at radius 1 is 1.15 bits per heavy atom. The molecule has 0 unspecified atom stereocenters. The van der Waals surface area contributed by atoms with Gasteiger partial charge < -0.3 is 10.1 Å². The van der Waals surface area contributed by atoms with Crippen molar-refractivity contribution in [2.24, 2.45) is 0 Å². The van der Waals surface area contributed by atoms with Crippen LogP contribution in [-0.2, 0) is 4.79 Å². The number of anilines is 1. The number of benzene rings is 2. The number of hydrogen-bond donors (Lipinski definition) is 1. The molecule has 8 nitrogen and oxygen atoms in total. The van der Waals surface area contributed by atoms with Crippen LogP contribution in [0.25, 0.3) is 17.2 Å². The van der Waals surface area contributed by atoms with Crippen LogP contribution in [0.4, 0.5) is 5.82 Å². The van der Waals surface area contributed by atoms with E-state index in [4.69, 9.17) is 4.74 Å². The average Bonchev–Trinajstić information content (AvgIpc) is 3.19. The summed E-state index contributed by atoms with van der Waals surface area (Å²) in [4.78, 5) is 17.4. The monoisotopic (exact) mass is 440 g/mol. The van der Waals surface area contributed by atoms with Crippen molar-refractivity contribution in [2.75, 3.05) is 11.9 Å². The molecule has 0 saturated heterocycles. The lowest BCUT2D eigenvalue weighted by molar-refractivity contribution is -0.116. The van der Waals surface area contributed by atoms with Crippen LogP contribution in [-0.4, -0.2) is 37.5 Å². The lowest BCUT2D eigenvalue weighted by Gasteiger charge is -2.24. The first-order valence-corrected chi connectivity index (χ1v) is 11.0. The van der Waals surface area contributed by atoms with E-state index in [1.807, 2.05) is 61.5 Å². The Kier molecular flexibility index (Phi) is 5.56. The van der Waals surface area contributed by atoms with E-state index < -0.39 is 0 Å². The van der Waals surface area contributed by atoms with E-state index in [0.29, 0.717) is 30.5 Å². The van der Waals surface area contributed by atoms with E-state index in [2.05, 4.69) is 32.5 Å². The topological polar surface area (TPSA) is 94.8 Å². The van der Waals surface area contributed by atoms with Crippen molar-refractivity contribution < 1.29 is 9.53 Å². The highest BCUT2D eigenvalue weighted by Gasteiger charge is 2.33. The Hall–Kier alpha value is -4.07. The molecule has 166 valence electrons. The number of rotatable bonds is 6. The molecule has 0 spiro atoms. The minimum absolute atomic E-state index is 0.0827. The van der Waals surface area contributed by atoms with Gasteiger partial charge in [0.05, 0.1) is 24.2 Å². The van der Waals surface area contributed by atoms with Gasteiger partial charge in [-0.25, -0.2) is 4.98 Å². The summed E-state index contributed by atoms with van der Waals surface area (Å²) in [6.07, 6.45) is 2.88. The van der Waals surface area contributed by atoms with Crippen molar-refractivity contribution in [3.8, 4) is 23.0 Å². The van der Waals surface area contributed by atoms with E-state index in [1.54, 1.807) is 10.9 Å². The molecule has 1 atom stereocenters. The number of fused-ring (bicyclic) bond motifs is 1. The molecular weight excluding hydrogens is 416 g/mol. The van der Waals surface area contributed by atoms with Gasteiger partial charge in [0.15, 0.2) is 0 Å². The Labute approximate surface area is 191 Å². The van der Waals surface area contributed by atoms with Crippen molar-refractivity contribution in [3.05, 3.63) is 77.6 Å². The predicted molar refractivity (Wildman–Crippen MR) is 124 cm³/mol. The lowest BCUT2D eigenvalue weighted by atomic mass is 9.86. The van der Waals surface area contributed by atoms with E-state index in [-0.39, 0.29) is 11.8 Å². The highest BCUT2D eigenvalue weighted by molar-refractivity contribution is 5.95. The zero-order valence-corrected chi connectivity index (χ0v) is 18.5. The van der Waals surface area contributed by atoms with Gasteiger partial charge in [0.1, 0.15) is 11.6 Å². The third-order valence-corrected chi connectivity index (χ3v) is 5.64. The van der Waals surface area contributed by atoms with Crippen LogP contribution in [0.2, 0.25) is 0 Å². The second kappa shape index (κ2) is 8.82. The first kappa shape index (κ1) is 20.8. The third kappa shape index (κ3) is 4.07. The molecule has 1 N–H and O–H groups in total. The van der Waals surface area contributed by atoms with Gasteiger partial charge in [-0.3, -0.25) is 4.79 Å². The van der Waals surface area contributed by atoms with Gasteiger partial charge in [0.25, 0.3) is 5.95 Å². The fraction of sp³-hybridized carbons (Fsp3) is 0.240. The average molecular weight is 441 g/mol. The summed E-state index contributed by atoms with van der Waals surface area (Å²) in [5, 5.41) is 16.0. The van der Waals surface area contributed by atoms with Gasteiger partial charge in [-0.15, -0.1) is 5.10 Å².